The van der Waals surface area contributed by atoms with Crippen molar-refractivity contribution in [2.75, 3.05) is 18.1 Å². The number of alkyl halides is 10. The number of carbonyl (C=O) groups excluding carboxylic acids is 1. The summed E-state index contributed by atoms with van der Waals surface area (Å²) in [6, 6.07) is 0. The molecule has 0 spiro atoms. The van der Waals surface area contributed by atoms with Crippen LogP contribution in [0.4, 0.5) is 43.9 Å². The second-order valence-corrected chi connectivity index (χ2v) is 8.21. The molecular weight excluding hydrogens is 454 g/mol. The highest BCUT2D eigenvalue weighted by Crippen LogP contribution is 2.52. The monoisotopic (exact) mass is 470 g/mol. The first-order valence-corrected chi connectivity index (χ1v) is 9.47. The van der Waals surface area contributed by atoms with Gasteiger partial charge >= 0.3 is 24.5 Å². The molecular formula is C14H16F10O4S. The Morgan fingerprint density at radius 2 is 1.41 bits per heavy atom. The molecule has 0 saturated heterocycles. The van der Waals surface area contributed by atoms with Crippen LogP contribution in [0.15, 0.2) is 12.7 Å². The zero-order valence-electron chi connectivity index (χ0n) is 14.4. The summed E-state index contributed by atoms with van der Waals surface area (Å²) in [7, 11) is -4.14. The maximum Gasteiger partial charge on any atom is 0.431 e. The van der Waals surface area contributed by atoms with Crippen molar-refractivity contribution in [3.8, 4) is 0 Å². The lowest BCUT2D eigenvalue weighted by Crippen LogP contribution is -2.55. The van der Waals surface area contributed by atoms with Gasteiger partial charge in [-0.1, -0.05) is 6.58 Å². The lowest BCUT2D eigenvalue weighted by atomic mass is 9.87. The molecule has 0 fully saturated rings. The van der Waals surface area contributed by atoms with Crippen molar-refractivity contribution >= 4 is 15.8 Å². The zero-order valence-corrected chi connectivity index (χ0v) is 15.2. The first-order valence-electron chi connectivity index (χ1n) is 7.65. The molecule has 0 saturated carbocycles. The standard InChI is InChI=1S/C14H16F10O4S/c1-2-10(25)28-5-7-29(26,27)6-3-4-9(12(16,17)18)8-11(15,13(19,20)21)14(22,23)24/h2,9H,1,3-8H2. The van der Waals surface area contributed by atoms with Crippen LogP contribution in [0, 0.1) is 5.92 Å². The van der Waals surface area contributed by atoms with Crippen LogP contribution < -0.4 is 0 Å². The summed E-state index contributed by atoms with van der Waals surface area (Å²) in [6.07, 6.45) is -23.7. The molecule has 0 aromatic rings. The van der Waals surface area contributed by atoms with Gasteiger partial charge in [0.05, 0.1) is 17.4 Å². The molecule has 0 rings (SSSR count). The van der Waals surface area contributed by atoms with Crippen LogP contribution in [0.5, 0.6) is 0 Å². The fraction of sp³-hybridized carbons (Fsp3) is 0.786. The van der Waals surface area contributed by atoms with Gasteiger partial charge < -0.3 is 4.74 Å². The SMILES string of the molecule is C=CC(=O)OCCS(=O)(=O)CCCC(CC(F)(C(F)(F)F)C(F)(F)F)C(F)(F)F. The van der Waals surface area contributed by atoms with Crippen LogP contribution in [0.25, 0.3) is 0 Å². The molecule has 1 unspecified atom stereocenters. The van der Waals surface area contributed by atoms with Crippen LogP contribution in [0.3, 0.4) is 0 Å². The van der Waals surface area contributed by atoms with E-state index in [4.69, 9.17) is 0 Å². The van der Waals surface area contributed by atoms with Crippen molar-refractivity contribution in [2.45, 2.75) is 43.5 Å². The molecule has 15 heteroatoms. The molecule has 0 aromatic carbocycles. The van der Waals surface area contributed by atoms with Crippen molar-refractivity contribution in [3.05, 3.63) is 12.7 Å². The molecule has 0 N–H and O–H groups in total. The Labute approximate surface area is 158 Å². The van der Waals surface area contributed by atoms with E-state index in [1.165, 1.54) is 0 Å². The number of halogens is 10. The van der Waals surface area contributed by atoms with Gasteiger partial charge in [-0.3, -0.25) is 0 Å². The quantitative estimate of drug-likeness (QED) is 0.271. The van der Waals surface area contributed by atoms with Crippen LogP contribution >= 0.6 is 0 Å². The molecule has 29 heavy (non-hydrogen) atoms. The van der Waals surface area contributed by atoms with E-state index >= 15 is 0 Å². The third kappa shape index (κ3) is 8.38. The minimum atomic E-state index is -6.66. The number of hydrogen-bond donors (Lipinski definition) is 0. The molecule has 1 atom stereocenters. The van der Waals surface area contributed by atoms with E-state index in [-0.39, 0.29) is 0 Å². The maximum atomic E-state index is 13.6. The van der Waals surface area contributed by atoms with E-state index in [2.05, 4.69) is 11.3 Å². The number of carbonyl (C=O) groups is 1. The highest BCUT2D eigenvalue weighted by Gasteiger charge is 2.73. The molecule has 172 valence electrons. The third-order valence-electron chi connectivity index (χ3n) is 3.70. The molecule has 0 aromatic heterocycles. The van der Waals surface area contributed by atoms with Gasteiger partial charge in [-0.05, 0) is 12.8 Å². The van der Waals surface area contributed by atoms with Gasteiger partial charge in [0.1, 0.15) is 6.61 Å². The summed E-state index contributed by atoms with van der Waals surface area (Å²) >= 11 is 0. The van der Waals surface area contributed by atoms with Crippen molar-refractivity contribution in [3.63, 3.8) is 0 Å². The lowest BCUT2D eigenvalue weighted by molar-refractivity contribution is -0.352. The Balaban J connectivity index is 5.17. The highest BCUT2D eigenvalue weighted by atomic mass is 32.2. The first kappa shape index (κ1) is 27.5. The van der Waals surface area contributed by atoms with E-state index in [9.17, 15) is 57.1 Å². The molecule has 0 heterocycles. The first-order chi connectivity index (χ1) is 12.8. The van der Waals surface area contributed by atoms with Crippen LogP contribution in [-0.4, -0.2) is 56.7 Å². The minimum absolute atomic E-state index is 0.689. The summed E-state index contributed by atoms with van der Waals surface area (Å²) in [5.41, 5.74) is -6.11. The van der Waals surface area contributed by atoms with Gasteiger partial charge in [-0.2, -0.15) is 39.5 Å². The van der Waals surface area contributed by atoms with Crippen molar-refractivity contribution < 1.29 is 61.9 Å². The maximum absolute atomic E-state index is 13.6. The Morgan fingerprint density at radius 3 is 1.79 bits per heavy atom. The molecule has 0 aliphatic rings. The normalized spacial score (nSPS) is 15.1. The summed E-state index contributed by atoms with van der Waals surface area (Å²) in [5.74, 6) is -6.29. The van der Waals surface area contributed by atoms with E-state index < -0.39 is 83.3 Å². The van der Waals surface area contributed by atoms with Gasteiger partial charge in [0.25, 0.3) is 5.67 Å². The molecule has 0 radical (unpaired) electrons. The Morgan fingerprint density at radius 1 is 0.931 bits per heavy atom. The number of esters is 1. The second-order valence-electron chi connectivity index (χ2n) is 5.91. The molecule has 4 nitrogen and oxygen atoms in total. The molecule has 0 amide bonds. The highest BCUT2D eigenvalue weighted by molar-refractivity contribution is 7.91. The lowest BCUT2D eigenvalue weighted by Gasteiger charge is -2.33. The fourth-order valence-corrected chi connectivity index (χ4v) is 3.24. The van der Waals surface area contributed by atoms with E-state index in [0.717, 1.165) is 0 Å². The number of sulfone groups is 1. The van der Waals surface area contributed by atoms with Crippen molar-refractivity contribution in [2.24, 2.45) is 5.92 Å². The van der Waals surface area contributed by atoms with Gasteiger partial charge in [0.15, 0.2) is 9.84 Å². The topological polar surface area (TPSA) is 60.4 Å². The summed E-state index contributed by atoms with van der Waals surface area (Å²) < 4.78 is 155. The van der Waals surface area contributed by atoms with E-state index in [1.807, 2.05) is 0 Å². The van der Waals surface area contributed by atoms with Gasteiger partial charge in [0.2, 0.25) is 0 Å². The van der Waals surface area contributed by atoms with Crippen LogP contribution in [0.1, 0.15) is 19.3 Å². The van der Waals surface area contributed by atoms with Gasteiger partial charge in [0, 0.05) is 12.5 Å². The van der Waals surface area contributed by atoms with Crippen molar-refractivity contribution in [1.82, 2.24) is 0 Å². The second kappa shape index (κ2) is 9.51. The third-order valence-corrected chi connectivity index (χ3v) is 5.40. The Kier molecular flexibility index (Phi) is 9.01. The average molecular weight is 470 g/mol. The number of ether oxygens (including phenoxy) is 1. The molecule has 0 aliphatic carbocycles. The van der Waals surface area contributed by atoms with Gasteiger partial charge in [-0.25, -0.2) is 17.6 Å². The largest absolute Gasteiger partial charge is 0.461 e. The van der Waals surface area contributed by atoms with Crippen LogP contribution in [-0.2, 0) is 19.4 Å². The van der Waals surface area contributed by atoms with Crippen molar-refractivity contribution in [1.29, 1.82) is 0 Å². The zero-order chi connectivity index (χ0) is 23.3. The molecule has 0 aliphatic heterocycles. The van der Waals surface area contributed by atoms with Gasteiger partial charge in [-0.15, -0.1) is 0 Å². The summed E-state index contributed by atoms with van der Waals surface area (Å²) in [6.45, 7) is 2.32. The minimum Gasteiger partial charge on any atom is -0.461 e. The average Bonchev–Trinajstić information content (AvgIpc) is 2.50. The molecule has 0 bridgehead atoms. The predicted octanol–water partition coefficient (Wildman–Crippen LogP) is 4.31. The Bertz CT molecular complexity index is 649. The smallest absolute Gasteiger partial charge is 0.431 e. The number of hydrogen-bond acceptors (Lipinski definition) is 4. The number of rotatable bonds is 10. The predicted molar refractivity (Wildman–Crippen MR) is 79.2 cm³/mol. The van der Waals surface area contributed by atoms with Crippen LogP contribution in [0.2, 0.25) is 0 Å². The Hall–Kier alpha value is -1.54. The summed E-state index contributed by atoms with van der Waals surface area (Å²) in [4.78, 5) is 10.7. The van der Waals surface area contributed by atoms with E-state index in [1.54, 1.807) is 0 Å². The fourth-order valence-electron chi connectivity index (χ4n) is 2.09. The van der Waals surface area contributed by atoms with E-state index in [0.29, 0.717) is 6.08 Å². The summed E-state index contributed by atoms with van der Waals surface area (Å²) in [5, 5.41) is 0.